The van der Waals surface area contributed by atoms with Gasteiger partial charge in [-0.15, -0.1) is 0 Å². The maximum absolute atomic E-state index is 12.6. The molecule has 2 nitrogen and oxygen atoms in total. The Morgan fingerprint density at radius 1 is 1.05 bits per heavy atom. The number of hydrogen-bond acceptors (Lipinski definition) is 1. The number of benzene rings is 2. The number of rotatable bonds is 2. The molecular formula is C16H11Cl2NO. The average molecular weight is 304 g/mol. The molecular weight excluding hydrogens is 293 g/mol. The van der Waals surface area contributed by atoms with E-state index in [1.807, 2.05) is 25.1 Å². The first-order valence-corrected chi connectivity index (χ1v) is 6.90. The van der Waals surface area contributed by atoms with Crippen LogP contribution in [0.2, 0.25) is 10.0 Å². The van der Waals surface area contributed by atoms with Gasteiger partial charge in [0.05, 0.1) is 10.0 Å². The second-order valence-electron chi connectivity index (χ2n) is 4.68. The van der Waals surface area contributed by atoms with Gasteiger partial charge in [0, 0.05) is 28.2 Å². The summed E-state index contributed by atoms with van der Waals surface area (Å²) in [4.78, 5) is 15.7. The fourth-order valence-electron chi connectivity index (χ4n) is 2.27. The lowest BCUT2D eigenvalue weighted by Crippen LogP contribution is -2.01. The molecule has 0 aliphatic heterocycles. The number of halogens is 2. The Morgan fingerprint density at radius 2 is 1.85 bits per heavy atom. The van der Waals surface area contributed by atoms with Gasteiger partial charge in [0.25, 0.3) is 0 Å². The number of fused-ring (bicyclic) bond motifs is 1. The lowest BCUT2D eigenvalue weighted by molar-refractivity contribution is 0.104. The number of carbonyl (C=O) groups is 1. The number of hydrogen-bond donors (Lipinski definition) is 1. The van der Waals surface area contributed by atoms with E-state index in [9.17, 15) is 4.79 Å². The fraction of sp³-hybridized carbons (Fsp3) is 0.0625. The molecule has 3 aromatic rings. The van der Waals surface area contributed by atoms with Gasteiger partial charge < -0.3 is 4.98 Å². The molecule has 0 unspecified atom stereocenters. The van der Waals surface area contributed by atoms with E-state index in [1.165, 1.54) is 0 Å². The first-order valence-electron chi connectivity index (χ1n) is 6.14. The normalized spacial score (nSPS) is 10.9. The predicted molar refractivity (Wildman–Crippen MR) is 82.9 cm³/mol. The molecule has 3 rings (SSSR count). The number of aromatic nitrogens is 1. The van der Waals surface area contributed by atoms with Crippen molar-refractivity contribution in [3.63, 3.8) is 0 Å². The quantitative estimate of drug-likeness (QED) is 0.663. The molecule has 0 saturated heterocycles. The zero-order valence-corrected chi connectivity index (χ0v) is 12.2. The molecule has 0 fully saturated rings. The average Bonchev–Trinajstić information content (AvgIpc) is 2.83. The highest BCUT2D eigenvalue weighted by Crippen LogP contribution is 2.30. The van der Waals surface area contributed by atoms with Gasteiger partial charge in [-0.25, -0.2) is 0 Å². The molecule has 2 aromatic carbocycles. The predicted octanol–water partition coefficient (Wildman–Crippen LogP) is 5.01. The van der Waals surface area contributed by atoms with Gasteiger partial charge in [0.1, 0.15) is 0 Å². The van der Waals surface area contributed by atoms with Crippen LogP contribution in [0, 0.1) is 6.92 Å². The summed E-state index contributed by atoms with van der Waals surface area (Å²) in [6, 6.07) is 10.9. The number of H-pyrrole nitrogens is 1. The highest BCUT2D eigenvalue weighted by molar-refractivity contribution is 6.39. The topological polar surface area (TPSA) is 32.9 Å². The first kappa shape index (κ1) is 13.2. The first-order chi connectivity index (χ1) is 9.58. The zero-order valence-electron chi connectivity index (χ0n) is 10.7. The summed E-state index contributed by atoms with van der Waals surface area (Å²) in [6.07, 6.45) is 1.68. The molecule has 100 valence electrons. The van der Waals surface area contributed by atoms with Gasteiger partial charge in [-0.3, -0.25) is 4.79 Å². The van der Waals surface area contributed by atoms with E-state index in [4.69, 9.17) is 23.2 Å². The van der Waals surface area contributed by atoms with Crippen LogP contribution in [0.1, 0.15) is 21.5 Å². The summed E-state index contributed by atoms with van der Waals surface area (Å²) in [5.41, 5.74) is 2.88. The van der Waals surface area contributed by atoms with Crippen molar-refractivity contribution in [1.82, 2.24) is 4.98 Å². The van der Waals surface area contributed by atoms with Crippen molar-refractivity contribution in [1.29, 1.82) is 0 Å². The lowest BCUT2D eigenvalue weighted by atomic mass is 10.0. The van der Waals surface area contributed by atoms with Gasteiger partial charge in [0.2, 0.25) is 0 Å². The third-order valence-corrected chi connectivity index (χ3v) is 3.90. The van der Waals surface area contributed by atoms with E-state index < -0.39 is 0 Å². The Bertz CT molecular complexity index is 820. The summed E-state index contributed by atoms with van der Waals surface area (Å²) in [7, 11) is 0. The molecule has 1 aromatic heterocycles. The molecule has 0 radical (unpaired) electrons. The Hall–Kier alpha value is -1.77. The third kappa shape index (κ3) is 2.11. The van der Waals surface area contributed by atoms with Crippen LogP contribution in [-0.2, 0) is 0 Å². The van der Waals surface area contributed by atoms with Gasteiger partial charge in [-0.05, 0) is 36.8 Å². The van der Waals surface area contributed by atoms with Crippen LogP contribution in [0.4, 0.5) is 0 Å². The number of aryl methyl sites for hydroxylation is 1. The van der Waals surface area contributed by atoms with E-state index in [1.54, 1.807) is 24.4 Å². The maximum atomic E-state index is 12.6. The molecule has 0 aliphatic carbocycles. The second-order valence-corrected chi connectivity index (χ2v) is 5.49. The van der Waals surface area contributed by atoms with Crippen molar-refractivity contribution in [2.24, 2.45) is 0 Å². The van der Waals surface area contributed by atoms with Gasteiger partial charge >= 0.3 is 0 Å². The number of ketones is 1. The van der Waals surface area contributed by atoms with Crippen molar-refractivity contribution in [2.45, 2.75) is 6.92 Å². The van der Waals surface area contributed by atoms with E-state index >= 15 is 0 Å². The highest BCUT2D eigenvalue weighted by Gasteiger charge is 2.18. The SMILES string of the molecule is Cc1ccc(C(=O)c2c[nH]c3cccc(Cl)c23)c(Cl)c1. The lowest BCUT2D eigenvalue weighted by Gasteiger charge is -2.04. The van der Waals surface area contributed by atoms with E-state index in [0.717, 1.165) is 16.5 Å². The number of carbonyl (C=O) groups excluding carboxylic acids is 1. The van der Waals surface area contributed by atoms with Crippen molar-refractivity contribution in [3.05, 3.63) is 69.3 Å². The summed E-state index contributed by atoms with van der Waals surface area (Å²) in [5.74, 6) is -0.130. The molecule has 0 spiro atoms. The van der Waals surface area contributed by atoms with E-state index in [0.29, 0.717) is 21.2 Å². The third-order valence-electron chi connectivity index (χ3n) is 3.27. The Morgan fingerprint density at radius 3 is 2.60 bits per heavy atom. The minimum absolute atomic E-state index is 0.130. The van der Waals surface area contributed by atoms with Crippen LogP contribution < -0.4 is 0 Å². The van der Waals surface area contributed by atoms with Gasteiger partial charge in [0.15, 0.2) is 5.78 Å². The molecule has 0 atom stereocenters. The molecule has 0 bridgehead atoms. The van der Waals surface area contributed by atoms with E-state index in [2.05, 4.69) is 4.98 Å². The monoisotopic (exact) mass is 303 g/mol. The Labute approximate surface area is 126 Å². The summed E-state index contributed by atoms with van der Waals surface area (Å²) >= 11 is 12.4. The number of nitrogens with one attached hydrogen (secondary N) is 1. The van der Waals surface area contributed by atoms with Crippen LogP contribution >= 0.6 is 23.2 Å². The molecule has 0 aliphatic rings. The van der Waals surface area contributed by atoms with Crippen LogP contribution in [-0.4, -0.2) is 10.8 Å². The number of aromatic amines is 1. The smallest absolute Gasteiger partial charge is 0.196 e. The largest absolute Gasteiger partial charge is 0.360 e. The van der Waals surface area contributed by atoms with Crippen molar-refractivity contribution >= 4 is 39.9 Å². The van der Waals surface area contributed by atoms with Crippen LogP contribution in [0.3, 0.4) is 0 Å². The minimum atomic E-state index is -0.130. The molecule has 20 heavy (non-hydrogen) atoms. The van der Waals surface area contributed by atoms with Gasteiger partial charge in [-0.1, -0.05) is 35.3 Å². The van der Waals surface area contributed by atoms with Crippen LogP contribution in [0.15, 0.2) is 42.6 Å². The fourth-order valence-corrected chi connectivity index (χ4v) is 2.87. The van der Waals surface area contributed by atoms with Crippen molar-refractivity contribution in [2.75, 3.05) is 0 Å². The zero-order chi connectivity index (χ0) is 14.3. The van der Waals surface area contributed by atoms with Crippen molar-refractivity contribution < 1.29 is 4.79 Å². The summed E-state index contributed by atoms with van der Waals surface area (Å²) in [5, 5.41) is 1.74. The van der Waals surface area contributed by atoms with Crippen LogP contribution in [0.25, 0.3) is 10.9 Å². The standard InChI is InChI=1S/C16H11Cl2NO/c1-9-5-6-10(13(18)7-9)16(20)11-8-19-14-4-2-3-12(17)15(11)14/h2-8,19H,1H3. The van der Waals surface area contributed by atoms with E-state index in [-0.39, 0.29) is 5.78 Å². The molecule has 4 heteroatoms. The van der Waals surface area contributed by atoms with Gasteiger partial charge in [-0.2, -0.15) is 0 Å². The summed E-state index contributed by atoms with van der Waals surface area (Å²) in [6.45, 7) is 1.93. The molecule has 1 heterocycles. The van der Waals surface area contributed by atoms with Crippen LogP contribution in [0.5, 0.6) is 0 Å². The Balaban J connectivity index is 2.18. The molecule has 1 N–H and O–H groups in total. The minimum Gasteiger partial charge on any atom is -0.360 e. The maximum Gasteiger partial charge on any atom is 0.196 e. The molecule has 0 saturated carbocycles. The van der Waals surface area contributed by atoms with Crippen molar-refractivity contribution in [3.8, 4) is 0 Å². The molecule has 0 amide bonds. The summed E-state index contributed by atoms with van der Waals surface area (Å²) < 4.78 is 0. The Kier molecular flexibility index (Phi) is 3.28. The second kappa shape index (κ2) is 4.97. The highest BCUT2D eigenvalue weighted by atomic mass is 35.5.